The third-order valence-corrected chi connectivity index (χ3v) is 2.66. The number of carbonyl (C=O) groups is 1. The number of rotatable bonds is 3. The summed E-state index contributed by atoms with van der Waals surface area (Å²) in [6, 6.07) is 7.29. The van der Waals surface area contributed by atoms with E-state index < -0.39 is 0 Å². The summed E-state index contributed by atoms with van der Waals surface area (Å²) in [4.78, 5) is 16.2. The summed E-state index contributed by atoms with van der Waals surface area (Å²) in [5.41, 5.74) is 1.55. The van der Waals surface area contributed by atoms with Gasteiger partial charge in [-0.25, -0.2) is 4.98 Å². The normalized spacial score (nSPS) is 10.4. The van der Waals surface area contributed by atoms with Crippen molar-refractivity contribution in [1.29, 1.82) is 0 Å². The first-order valence-electron chi connectivity index (χ1n) is 5.89. The zero-order valence-corrected chi connectivity index (χ0v) is 10.6. The van der Waals surface area contributed by atoms with Gasteiger partial charge >= 0.3 is 0 Å². The lowest BCUT2D eigenvalue weighted by Gasteiger charge is -2.07. The first kappa shape index (κ1) is 12.0. The van der Waals surface area contributed by atoms with Crippen molar-refractivity contribution in [2.24, 2.45) is 0 Å². The van der Waals surface area contributed by atoms with Crippen molar-refractivity contribution in [3.05, 3.63) is 42.0 Å². The average molecular weight is 269 g/mol. The van der Waals surface area contributed by atoms with Gasteiger partial charge in [0.15, 0.2) is 11.5 Å². The Balaban J connectivity index is 1.92. The molecule has 0 atom stereocenters. The minimum absolute atomic E-state index is 0.214. The molecule has 8 nitrogen and oxygen atoms in total. The molecule has 0 bridgehead atoms. The fraction of sp³-hybridized carbons (Fsp3) is 0.0833. The Hall–Kier alpha value is -3.03. The number of aromatic amines is 2. The summed E-state index contributed by atoms with van der Waals surface area (Å²) in [5.74, 6) is 0.884. The summed E-state index contributed by atoms with van der Waals surface area (Å²) in [6.45, 7) is 1.81. The highest BCUT2D eigenvalue weighted by molar-refractivity contribution is 6.04. The number of hydrogen-bond donors (Lipinski definition) is 3. The predicted octanol–water partition coefficient (Wildman–Crippen LogP) is 1.15. The number of nitrogens with one attached hydrogen (secondary N) is 3. The first-order chi connectivity index (χ1) is 9.74. The largest absolute Gasteiger partial charge is 0.320 e. The Labute approximate surface area is 113 Å². The molecule has 0 aliphatic heterocycles. The molecular weight excluding hydrogens is 258 g/mol. The summed E-state index contributed by atoms with van der Waals surface area (Å²) >= 11 is 0. The Morgan fingerprint density at radius 1 is 1.25 bits per heavy atom. The number of amides is 1. The minimum atomic E-state index is -0.349. The molecule has 2 heterocycles. The van der Waals surface area contributed by atoms with E-state index in [0.29, 0.717) is 17.3 Å². The molecule has 2 aromatic heterocycles. The number of aromatic nitrogens is 6. The molecule has 0 saturated carbocycles. The van der Waals surface area contributed by atoms with E-state index in [0.717, 1.165) is 5.56 Å². The van der Waals surface area contributed by atoms with Crippen LogP contribution in [0.5, 0.6) is 0 Å². The van der Waals surface area contributed by atoms with E-state index >= 15 is 0 Å². The lowest BCUT2D eigenvalue weighted by atomic mass is 10.1. The van der Waals surface area contributed by atoms with Gasteiger partial charge in [0.1, 0.15) is 5.82 Å². The lowest BCUT2D eigenvalue weighted by molar-refractivity contribution is 0.102. The number of carbonyl (C=O) groups excluding carboxylic acids is 1. The van der Waals surface area contributed by atoms with E-state index in [1.807, 2.05) is 25.1 Å². The fourth-order valence-electron chi connectivity index (χ4n) is 1.75. The zero-order chi connectivity index (χ0) is 13.9. The molecule has 3 N–H and O–H groups in total. The second-order valence-electron chi connectivity index (χ2n) is 4.10. The summed E-state index contributed by atoms with van der Waals surface area (Å²) in [5, 5.41) is 19.4. The van der Waals surface area contributed by atoms with Crippen molar-refractivity contribution in [3.8, 4) is 11.4 Å². The number of para-hydroxylation sites is 1. The molecule has 0 aliphatic carbocycles. The van der Waals surface area contributed by atoms with Crippen LogP contribution in [0, 0.1) is 6.92 Å². The van der Waals surface area contributed by atoms with Crippen LogP contribution in [-0.2, 0) is 0 Å². The van der Waals surface area contributed by atoms with Crippen LogP contribution in [0.3, 0.4) is 0 Å². The van der Waals surface area contributed by atoms with Gasteiger partial charge in [-0.15, -0.1) is 0 Å². The maximum atomic E-state index is 12.0. The second kappa shape index (κ2) is 4.92. The lowest BCUT2D eigenvalue weighted by Crippen LogP contribution is -2.13. The minimum Gasteiger partial charge on any atom is -0.320 e. The summed E-state index contributed by atoms with van der Waals surface area (Å²) < 4.78 is 0. The highest BCUT2D eigenvalue weighted by atomic mass is 16.2. The van der Waals surface area contributed by atoms with Crippen LogP contribution in [0.1, 0.15) is 16.3 Å². The van der Waals surface area contributed by atoms with Crippen molar-refractivity contribution in [2.75, 3.05) is 5.32 Å². The molecule has 0 radical (unpaired) electrons. The molecular formula is C12H11N7O. The van der Waals surface area contributed by atoms with Gasteiger partial charge in [-0.2, -0.15) is 20.5 Å². The molecule has 20 heavy (non-hydrogen) atoms. The van der Waals surface area contributed by atoms with Gasteiger partial charge < -0.3 is 5.32 Å². The summed E-state index contributed by atoms with van der Waals surface area (Å²) in [6.07, 6.45) is 1.36. The van der Waals surface area contributed by atoms with Gasteiger partial charge in [-0.05, 0) is 19.1 Å². The second-order valence-corrected chi connectivity index (χ2v) is 4.10. The quantitative estimate of drug-likeness (QED) is 0.660. The standard InChI is InChI=1S/C12H11N7O/c1-7-14-11(18-16-7)8-4-2-3-5-9(8)15-12(20)10-6-13-19-17-10/h2-6H,1H3,(H,15,20)(H,13,17,19)(H,14,16,18). The molecule has 0 fully saturated rings. The van der Waals surface area contributed by atoms with Crippen LogP contribution in [0.15, 0.2) is 30.5 Å². The van der Waals surface area contributed by atoms with Crippen molar-refractivity contribution in [1.82, 2.24) is 30.6 Å². The van der Waals surface area contributed by atoms with Crippen LogP contribution < -0.4 is 5.32 Å². The van der Waals surface area contributed by atoms with E-state index in [9.17, 15) is 4.79 Å². The van der Waals surface area contributed by atoms with Gasteiger partial charge in [-0.3, -0.25) is 9.89 Å². The van der Waals surface area contributed by atoms with Crippen molar-refractivity contribution < 1.29 is 4.79 Å². The number of hydrogen-bond acceptors (Lipinski definition) is 5. The van der Waals surface area contributed by atoms with Gasteiger partial charge in [0.05, 0.1) is 11.9 Å². The van der Waals surface area contributed by atoms with Gasteiger partial charge in [-0.1, -0.05) is 12.1 Å². The Bertz CT molecular complexity index is 732. The number of aryl methyl sites for hydroxylation is 1. The third kappa shape index (κ3) is 2.26. The number of nitrogens with zero attached hydrogens (tertiary/aromatic N) is 4. The molecule has 3 aromatic rings. The van der Waals surface area contributed by atoms with Gasteiger partial charge in [0.2, 0.25) is 0 Å². The molecule has 1 aromatic carbocycles. The fourth-order valence-corrected chi connectivity index (χ4v) is 1.75. The molecule has 0 spiro atoms. The van der Waals surface area contributed by atoms with Crippen LogP contribution in [0.25, 0.3) is 11.4 Å². The van der Waals surface area contributed by atoms with Crippen LogP contribution >= 0.6 is 0 Å². The first-order valence-corrected chi connectivity index (χ1v) is 5.89. The zero-order valence-electron chi connectivity index (χ0n) is 10.6. The van der Waals surface area contributed by atoms with Crippen molar-refractivity contribution in [3.63, 3.8) is 0 Å². The van der Waals surface area contributed by atoms with E-state index in [4.69, 9.17) is 0 Å². The number of anilines is 1. The Morgan fingerprint density at radius 2 is 2.10 bits per heavy atom. The van der Waals surface area contributed by atoms with Crippen LogP contribution in [-0.4, -0.2) is 36.5 Å². The maximum Gasteiger partial charge on any atom is 0.277 e. The number of H-pyrrole nitrogens is 2. The number of benzene rings is 1. The molecule has 0 unspecified atom stereocenters. The predicted molar refractivity (Wildman–Crippen MR) is 70.9 cm³/mol. The molecule has 0 aliphatic rings. The highest BCUT2D eigenvalue weighted by Gasteiger charge is 2.14. The monoisotopic (exact) mass is 269 g/mol. The molecule has 100 valence electrons. The van der Waals surface area contributed by atoms with Gasteiger partial charge in [0.25, 0.3) is 5.91 Å². The van der Waals surface area contributed by atoms with Crippen LogP contribution in [0.2, 0.25) is 0 Å². The van der Waals surface area contributed by atoms with E-state index in [2.05, 4.69) is 35.9 Å². The smallest absolute Gasteiger partial charge is 0.277 e. The SMILES string of the molecule is Cc1nc(-c2ccccc2NC(=O)c2cn[nH]n2)n[nH]1. The van der Waals surface area contributed by atoms with Crippen molar-refractivity contribution in [2.45, 2.75) is 6.92 Å². The van der Waals surface area contributed by atoms with E-state index in [-0.39, 0.29) is 11.6 Å². The average Bonchev–Trinajstić information content (AvgIpc) is 3.10. The van der Waals surface area contributed by atoms with Crippen molar-refractivity contribution >= 4 is 11.6 Å². The Kier molecular flexibility index (Phi) is 2.96. The van der Waals surface area contributed by atoms with Gasteiger partial charge in [0, 0.05) is 5.56 Å². The van der Waals surface area contributed by atoms with E-state index in [1.165, 1.54) is 6.20 Å². The highest BCUT2D eigenvalue weighted by Crippen LogP contribution is 2.24. The third-order valence-electron chi connectivity index (χ3n) is 2.66. The maximum absolute atomic E-state index is 12.0. The molecule has 1 amide bonds. The molecule has 0 saturated heterocycles. The Morgan fingerprint density at radius 3 is 2.80 bits per heavy atom. The summed E-state index contributed by atoms with van der Waals surface area (Å²) in [7, 11) is 0. The molecule has 3 rings (SSSR count). The topological polar surface area (TPSA) is 112 Å². The molecule has 8 heteroatoms. The van der Waals surface area contributed by atoms with Crippen LogP contribution in [0.4, 0.5) is 5.69 Å². The van der Waals surface area contributed by atoms with E-state index in [1.54, 1.807) is 6.07 Å².